The van der Waals surface area contributed by atoms with Gasteiger partial charge in [-0.05, 0) is 0 Å². The number of hydrogen-bond acceptors (Lipinski definition) is 6. The topological polar surface area (TPSA) is 101 Å². The monoisotopic (exact) mass is 122 g/mol. The third kappa shape index (κ3) is 4.72. The van der Waals surface area contributed by atoms with Crippen LogP contribution in [0, 0.1) is 9.81 Å². The lowest BCUT2D eigenvalue weighted by atomic mass is 12.7. The Morgan fingerprint density at radius 2 is 1.38 bits per heavy atom. The van der Waals surface area contributed by atoms with Gasteiger partial charge in [-0.25, -0.2) is 0 Å². The van der Waals surface area contributed by atoms with Crippen LogP contribution in [-0.4, -0.2) is 0 Å². The second-order valence-corrected chi connectivity index (χ2v) is 0.532. The zero-order valence-corrected chi connectivity index (χ0v) is 3.53. The molecule has 0 rings (SSSR count). The summed E-state index contributed by atoms with van der Waals surface area (Å²) in [7, 11) is 0. The van der Waals surface area contributed by atoms with Gasteiger partial charge in [-0.2, -0.15) is 0 Å². The number of nitrogens with one attached hydrogen (secondary N) is 2. The zero-order valence-electron chi connectivity index (χ0n) is 3.53. The van der Waals surface area contributed by atoms with Crippen LogP contribution in [0.2, 0.25) is 0 Å². The van der Waals surface area contributed by atoms with Crippen LogP contribution in [0.5, 0.6) is 0 Å². The Balaban J connectivity index is 2.71. The molecule has 46 valence electrons. The van der Waals surface area contributed by atoms with Crippen molar-refractivity contribution in [1.82, 2.24) is 11.2 Å². The largest absolute Gasteiger partial charge is 0.123 e. The molecule has 0 saturated carbocycles. The molecule has 0 aromatic heterocycles. The molecule has 0 saturated heterocycles. The molecular weight excluding hydrogens is 120 g/mol. The van der Waals surface area contributed by atoms with E-state index >= 15 is 0 Å². The van der Waals surface area contributed by atoms with Gasteiger partial charge >= 0.3 is 0 Å². The molecule has 0 aliphatic heterocycles. The summed E-state index contributed by atoms with van der Waals surface area (Å²) < 4.78 is 0. The van der Waals surface area contributed by atoms with Gasteiger partial charge in [-0.3, -0.25) is 0 Å². The molecule has 0 fully saturated rings. The second-order valence-electron chi connectivity index (χ2n) is 0.532. The van der Waals surface area contributed by atoms with Crippen molar-refractivity contribution in [2.24, 2.45) is 10.6 Å². The predicted octanol–water partition coefficient (Wildman–Crippen LogP) is -0.693. The third-order valence-corrected chi connectivity index (χ3v) is 0.191. The summed E-state index contributed by atoms with van der Waals surface area (Å²) in [6, 6.07) is 0. The molecule has 0 unspecified atom stereocenters. The lowest BCUT2D eigenvalue weighted by Crippen LogP contribution is -2.13. The first-order chi connectivity index (χ1) is 3.91. The van der Waals surface area contributed by atoms with Crippen LogP contribution >= 0.6 is 0 Å². The van der Waals surface area contributed by atoms with Crippen LogP contribution in [0.1, 0.15) is 0 Å². The maximum Gasteiger partial charge on any atom is 0.0787 e. The minimum Gasteiger partial charge on any atom is -0.123 e. The van der Waals surface area contributed by atoms with Crippen molar-refractivity contribution < 1.29 is 9.98 Å². The van der Waals surface area contributed by atoms with Crippen LogP contribution < -0.4 is 11.2 Å². The molecule has 2 N–H and O–H groups in total. The lowest BCUT2D eigenvalue weighted by Gasteiger charge is -1.90. The van der Waals surface area contributed by atoms with E-state index in [9.17, 15) is 0 Å². The van der Waals surface area contributed by atoms with Crippen LogP contribution in [0.15, 0.2) is 10.6 Å². The second kappa shape index (κ2) is 5.72. The fourth-order valence-electron chi connectivity index (χ4n) is 0.0677. The first kappa shape index (κ1) is 6.72. The Labute approximate surface area is 42.9 Å². The van der Waals surface area contributed by atoms with Crippen molar-refractivity contribution in [2.75, 3.05) is 0 Å². The van der Waals surface area contributed by atoms with Crippen LogP contribution in [-0.2, 0) is 9.98 Å². The van der Waals surface area contributed by atoms with Gasteiger partial charge in [-0.15, -0.1) is 21.0 Å². The molecule has 0 aromatic carbocycles. The quantitative estimate of drug-likeness (QED) is 0.216. The maximum atomic E-state index is 9.07. The predicted molar refractivity (Wildman–Crippen MR) is 20.0 cm³/mol. The average Bonchev–Trinajstić information content (AvgIpc) is 1.81. The van der Waals surface area contributed by atoms with Crippen molar-refractivity contribution in [3.63, 3.8) is 0 Å². The molecule has 0 bridgehead atoms. The van der Waals surface area contributed by atoms with Gasteiger partial charge < -0.3 is 0 Å². The van der Waals surface area contributed by atoms with Gasteiger partial charge in [0, 0.05) is 0 Å². The molecule has 8 nitrogen and oxygen atoms in total. The fourth-order valence-corrected chi connectivity index (χ4v) is 0.0677. The highest BCUT2D eigenvalue weighted by atomic mass is 17.3. The first-order valence-corrected chi connectivity index (χ1v) is 1.39. The Kier molecular flexibility index (Phi) is 4.80. The number of hydrogen-bond donors (Lipinski definition) is 2. The molecule has 8 heteroatoms. The van der Waals surface area contributed by atoms with E-state index in [1.807, 2.05) is 10.6 Å². The van der Waals surface area contributed by atoms with E-state index in [4.69, 9.17) is 9.81 Å². The van der Waals surface area contributed by atoms with Crippen LogP contribution in [0.3, 0.4) is 0 Å². The summed E-state index contributed by atoms with van der Waals surface area (Å²) in [4.78, 5) is 25.3. The van der Waals surface area contributed by atoms with Crippen molar-refractivity contribution in [2.45, 2.75) is 0 Å². The van der Waals surface area contributed by atoms with Crippen molar-refractivity contribution in [3.8, 4) is 0 Å². The van der Waals surface area contributed by atoms with Crippen molar-refractivity contribution in [1.29, 1.82) is 0 Å². The summed E-state index contributed by atoms with van der Waals surface area (Å²) in [6.45, 7) is 0. The highest BCUT2D eigenvalue weighted by Gasteiger charge is 1.78. The van der Waals surface area contributed by atoms with Crippen LogP contribution in [0.4, 0.5) is 0 Å². The smallest absolute Gasteiger partial charge is 0.0787 e. The Morgan fingerprint density at radius 3 is 1.62 bits per heavy atom. The summed E-state index contributed by atoms with van der Waals surface area (Å²) >= 11 is 0. The van der Waals surface area contributed by atoms with Gasteiger partial charge in [0.15, 0.2) is 0 Å². The molecular formula is H2N4O4. The van der Waals surface area contributed by atoms with E-state index in [0.29, 0.717) is 0 Å². The van der Waals surface area contributed by atoms with E-state index in [1.54, 1.807) is 0 Å². The number of rotatable bonds is 5. The number of nitroso groups, excluding NO2 is 2. The van der Waals surface area contributed by atoms with Gasteiger partial charge in [-0.1, -0.05) is 9.98 Å². The van der Waals surface area contributed by atoms with E-state index in [2.05, 4.69) is 9.98 Å². The highest BCUT2D eigenvalue weighted by molar-refractivity contribution is 4.00. The maximum absolute atomic E-state index is 9.07. The number of nitrogens with zero attached hydrogens (tertiary/aromatic N) is 2. The van der Waals surface area contributed by atoms with Gasteiger partial charge in [0.05, 0.1) is 10.6 Å². The normalized spacial score (nSPS) is 7.50. The zero-order chi connectivity index (χ0) is 6.24. The van der Waals surface area contributed by atoms with E-state index < -0.39 is 0 Å². The SMILES string of the molecule is O=NNOONN=O. The van der Waals surface area contributed by atoms with Crippen LogP contribution in [0.25, 0.3) is 0 Å². The fraction of sp³-hybridized carbons (Fsp3) is 0. The Morgan fingerprint density at radius 1 is 1.00 bits per heavy atom. The lowest BCUT2D eigenvalue weighted by molar-refractivity contribution is -0.374. The standard InChI is InChI=1S/H2N4O4/c5-1-3-7-8-4-2-6/h(H,3,5)(H,4,6). The summed E-state index contributed by atoms with van der Waals surface area (Å²) in [6.07, 6.45) is 0. The third-order valence-electron chi connectivity index (χ3n) is 0.191. The van der Waals surface area contributed by atoms with Crippen molar-refractivity contribution in [3.05, 3.63) is 9.81 Å². The molecule has 0 spiro atoms. The minimum absolute atomic E-state index is 1.37. The molecule has 0 aliphatic carbocycles. The Hall–Kier alpha value is -1.28. The molecule has 0 aromatic rings. The molecule has 0 heterocycles. The minimum atomic E-state index is 1.37. The van der Waals surface area contributed by atoms with E-state index in [1.165, 1.54) is 11.2 Å². The van der Waals surface area contributed by atoms with Gasteiger partial charge in [0.25, 0.3) is 0 Å². The molecule has 0 aliphatic rings. The summed E-state index contributed by atoms with van der Waals surface area (Å²) in [5, 5.41) is 3.95. The van der Waals surface area contributed by atoms with Gasteiger partial charge in [0.2, 0.25) is 0 Å². The van der Waals surface area contributed by atoms with Crippen molar-refractivity contribution >= 4 is 0 Å². The first-order valence-electron chi connectivity index (χ1n) is 1.39. The summed E-state index contributed by atoms with van der Waals surface area (Å²) in [5.41, 5.74) is 2.74. The molecule has 0 atom stereocenters. The molecule has 0 radical (unpaired) electrons. The summed E-state index contributed by atoms with van der Waals surface area (Å²) in [5.74, 6) is 0. The van der Waals surface area contributed by atoms with E-state index in [-0.39, 0.29) is 0 Å². The Bertz CT molecular complexity index is 60.4. The van der Waals surface area contributed by atoms with Gasteiger partial charge in [0.1, 0.15) is 0 Å². The molecule has 8 heavy (non-hydrogen) atoms. The average molecular weight is 122 g/mol. The highest BCUT2D eigenvalue weighted by Crippen LogP contribution is 1.63. The van der Waals surface area contributed by atoms with E-state index in [0.717, 1.165) is 0 Å². The molecule has 0 amide bonds.